The molecule has 0 aliphatic carbocycles. The van der Waals surface area contributed by atoms with Gasteiger partial charge in [-0.3, -0.25) is 0 Å². The maximum atomic E-state index is 5.96. The van der Waals surface area contributed by atoms with Crippen molar-refractivity contribution in [2.45, 2.75) is 0 Å². The minimum atomic E-state index is 0.276. The predicted molar refractivity (Wildman–Crippen MR) is 108 cm³/mol. The molecule has 0 amide bonds. The molecular weight excluding hydrogens is 392 g/mol. The Labute approximate surface area is 161 Å². The van der Waals surface area contributed by atoms with Crippen LogP contribution in [0.15, 0.2) is 59.1 Å². The summed E-state index contributed by atoms with van der Waals surface area (Å²) >= 11 is 3.45. The van der Waals surface area contributed by atoms with E-state index < -0.39 is 0 Å². The lowest BCUT2D eigenvalue weighted by Gasteiger charge is -2.28. The van der Waals surface area contributed by atoms with E-state index >= 15 is 0 Å². The number of ether oxygens (including phenoxy) is 1. The molecule has 0 atom stereocenters. The van der Waals surface area contributed by atoms with Crippen molar-refractivity contribution >= 4 is 27.6 Å². The monoisotopic (exact) mass is 410 g/mol. The van der Waals surface area contributed by atoms with Crippen LogP contribution in [0.25, 0.3) is 22.5 Å². The van der Waals surface area contributed by atoms with Gasteiger partial charge >= 0.3 is 0 Å². The van der Waals surface area contributed by atoms with Gasteiger partial charge in [-0.25, -0.2) is 9.97 Å². The number of anilines is 2. The largest absolute Gasteiger partial charge is 0.378 e. The number of aromatic nitrogens is 2. The van der Waals surface area contributed by atoms with Crippen molar-refractivity contribution in [3.8, 4) is 22.5 Å². The lowest BCUT2D eigenvalue weighted by atomic mass is 10.1. The van der Waals surface area contributed by atoms with E-state index in [1.165, 1.54) is 5.69 Å². The molecule has 6 heteroatoms. The molecule has 0 bridgehead atoms. The number of morpholine rings is 1. The Bertz CT molecular complexity index is 891. The molecule has 4 rings (SSSR count). The minimum Gasteiger partial charge on any atom is -0.378 e. The molecule has 5 nitrogen and oxygen atoms in total. The third kappa shape index (κ3) is 3.71. The molecule has 0 saturated carbocycles. The number of rotatable bonds is 3. The van der Waals surface area contributed by atoms with Crippen LogP contribution in [0.1, 0.15) is 0 Å². The molecular formula is C20H19BrN4O. The van der Waals surface area contributed by atoms with Gasteiger partial charge in [-0.2, -0.15) is 0 Å². The van der Waals surface area contributed by atoms with Crippen molar-refractivity contribution in [3.63, 3.8) is 0 Å². The summed E-state index contributed by atoms with van der Waals surface area (Å²) in [5.74, 6) is 0.276. The maximum absolute atomic E-state index is 5.96. The lowest BCUT2D eigenvalue weighted by Crippen LogP contribution is -2.36. The summed E-state index contributed by atoms with van der Waals surface area (Å²) in [6.07, 6.45) is 0. The molecule has 132 valence electrons. The summed E-state index contributed by atoms with van der Waals surface area (Å²) in [5, 5.41) is 0. The van der Waals surface area contributed by atoms with Crippen molar-refractivity contribution in [1.82, 2.24) is 9.97 Å². The molecule has 1 fully saturated rings. The van der Waals surface area contributed by atoms with Gasteiger partial charge in [0.25, 0.3) is 0 Å². The highest BCUT2D eigenvalue weighted by Crippen LogP contribution is 2.27. The number of benzene rings is 2. The second kappa shape index (κ2) is 7.43. The molecule has 1 aromatic heterocycles. The topological polar surface area (TPSA) is 64.3 Å². The second-order valence-electron chi connectivity index (χ2n) is 6.15. The molecule has 26 heavy (non-hydrogen) atoms. The van der Waals surface area contributed by atoms with Gasteiger partial charge < -0.3 is 15.4 Å². The minimum absolute atomic E-state index is 0.276. The molecule has 1 saturated heterocycles. The molecule has 2 aromatic carbocycles. The molecule has 0 radical (unpaired) electrons. The van der Waals surface area contributed by atoms with Crippen molar-refractivity contribution in [2.24, 2.45) is 0 Å². The number of halogens is 1. The third-order valence-electron chi connectivity index (χ3n) is 4.42. The van der Waals surface area contributed by atoms with Crippen LogP contribution in [0.2, 0.25) is 0 Å². The fourth-order valence-corrected chi connectivity index (χ4v) is 3.31. The zero-order valence-electron chi connectivity index (χ0n) is 14.2. The summed E-state index contributed by atoms with van der Waals surface area (Å²) in [6, 6.07) is 18.4. The van der Waals surface area contributed by atoms with E-state index in [1.807, 2.05) is 30.3 Å². The summed E-state index contributed by atoms with van der Waals surface area (Å²) in [7, 11) is 0. The van der Waals surface area contributed by atoms with Crippen LogP contribution in [0.5, 0.6) is 0 Å². The summed E-state index contributed by atoms with van der Waals surface area (Å²) < 4.78 is 6.44. The molecule has 0 unspecified atom stereocenters. The predicted octanol–water partition coefficient (Wildman–Crippen LogP) is 3.99. The fraction of sp³-hybridized carbons (Fsp3) is 0.200. The summed E-state index contributed by atoms with van der Waals surface area (Å²) in [5.41, 5.74) is 10.8. The Kier molecular flexibility index (Phi) is 4.86. The van der Waals surface area contributed by atoms with Gasteiger partial charge in [0.05, 0.1) is 24.6 Å². The van der Waals surface area contributed by atoms with Gasteiger partial charge in [0.15, 0.2) is 0 Å². The first-order chi connectivity index (χ1) is 12.7. The normalized spacial score (nSPS) is 14.4. The van der Waals surface area contributed by atoms with E-state index in [1.54, 1.807) is 0 Å². The Balaban J connectivity index is 1.63. The SMILES string of the molecule is Nc1nc(-c2ccc(Br)cc2)cc(-c2ccc(N3CCOCC3)cc2)n1. The Morgan fingerprint density at radius 2 is 1.38 bits per heavy atom. The number of hydrogen-bond acceptors (Lipinski definition) is 5. The highest BCUT2D eigenvalue weighted by atomic mass is 79.9. The second-order valence-corrected chi connectivity index (χ2v) is 7.07. The van der Waals surface area contributed by atoms with E-state index in [4.69, 9.17) is 10.5 Å². The van der Waals surface area contributed by atoms with Crippen molar-refractivity contribution in [3.05, 3.63) is 59.1 Å². The van der Waals surface area contributed by atoms with E-state index in [0.29, 0.717) is 0 Å². The highest BCUT2D eigenvalue weighted by Gasteiger charge is 2.12. The Morgan fingerprint density at radius 1 is 0.846 bits per heavy atom. The van der Waals surface area contributed by atoms with Gasteiger partial charge in [0, 0.05) is 34.4 Å². The van der Waals surface area contributed by atoms with Gasteiger partial charge in [-0.15, -0.1) is 0 Å². The average molecular weight is 411 g/mol. The maximum Gasteiger partial charge on any atom is 0.221 e. The fourth-order valence-electron chi connectivity index (χ4n) is 3.05. The first-order valence-corrected chi connectivity index (χ1v) is 9.32. The molecule has 1 aliphatic heterocycles. The molecule has 2 heterocycles. The van der Waals surface area contributed by atoms with Crippen LogP contribution >= 0.6 is 15.9 Å². The number of nitrogen functional groups attached to an aromatic ring is 1. The zero-order chi connectivity index (χ0) is 17.9. The van der Waals surface area contributed by atoms with Crippen molar-refractivity contribution in [1.29, 1.82) is 0 Å². The Morgan fingerprint density at radius 3 is 1.96 bits per heavy atom. The molecule has 1 aliphatic rings. The first-order valence-electron chi connectivity index (χ1n) is 8.53. The van der Waals surface area contributed by atoms with Crippen LogP contribution in [0.4, 0.5) is 11.6 Å². The standard InChI is InChI=1S/C20H19BrN4O/c21-16-5-1-14(2-6-16)18-13-19(24-20(22)23-18)15-3-7-17(8-4-15)25-9-11-26-12-10-25/h1-8,13H,9-12H2,(H2,22,23,24). The first kappa shape index (κ1) is 17.0. The van der Waals surface area contributed by atoms with Crippen LogP contribution in [0, 0.1) is 0 Å². The Hall–Kier alpha value is -2.44. The van der Waals surface area contributed by atoms with Crippen molar-refractivity contribution < 1.29 is 4.74 Å². The van der Waals surface area contributed by atoms with E-state index in [2.05, 4.69) is 55.1 Å². The quantitative estimate of drug-likeness (QED) is 0.706. The van der Waals surface area contributed by atoms with Crippen LogP contribution in [-0.4, -0.2) is 36.3 Å². The van der Waals surface area contributed by atoms with Gasteiger partial charge in [-0.05, 0) is 30.3 Å². The number of nitrogens with zero attached hydrogens (tertiary/aromatic N) is 3. The molecule has 0 spiro atoms. The highest BCUT2D eigenvalue weighted by molar-refractivity contribution is 9.10. The summed E-state index contributed by atoms with van der Waals surface area (Å²) in [4.78, 5) is 11.1. The van der Waals surface area contributed by atoms with Gasteiger partial charge in [0.2, 0.25) is 5.95 Å². The van der Waals surface area contributed by atoms with E-state index in [9.17, 15) is 0 Å². The smallest absolute Gasteiger partial charge is 0.221 e. The van der Waals surface area contributed by atoms with Crippen LogP contribution in [-0.2, 0) is 4.74 Å². The van der Waals surface area contributed by atoms with E-state index in [0.717, 1.165) is 53.3 Å². The van der Waals surface area contributed by atoms with Gasteiger partial charge in [-0.1, -0.05) is 40.2 Å². The van der Waals surface area contributed by atoms with Crippen LogP contribution < -0.4 is 10.6 Å². The van der Waals surface area contributed by atoms with Gasteiger partial charge in [0.1, 0.15) is 0 Å². The number of hydrogen-bond donors (Lipinski definition) is 1. The lowest BCUT2D eigenvalue weighted by molar-refractivity contribution is 0.122. The summed E-state index contributed by atoms with van der Waals surface area (Å²) in [6.45, 7) is 3.41. The molecule has 2 N–H and O–H groups in total. The third-order valence-corrected chi connectivity index (χ3v) is 4.95. The average Bonchev–Trinajstić information content (AvgIpc) is 2.69. The number of nitrogens with two attached hydrogens (primary N) is 1. The van der Waals surface area contributed by atoms with Crippen molar-refractivity contribution in [2.75, 3.05) is 36.9 Å². The van der Waals surface area contributed by atoms with Crippen LogP contribution in [0.3, 0.4) is 0 Å². The zero-order valence-corrected chi connectivity index (χ0v) is 15.8. The molecule has 3 aromatic rings. The van der Waals surface area contributed by atoms with E-state index in [-0.39, 0.29) is 5.95 Å².